The molecule has 2 aliphatic rings. The zero-order chi connectivity index (χ0) is 10.8. The Bertz CT molecular complexity index is 293. The van der Waals surface area contributed by atoms with Crippen LogP contribution >= 0.6 is 0 Å². The summed E-state index contributed by atoms with van der Waals surface area (Å²) in [6, 6.07) is 0. The Labute approximate surface area is 88.6 Å². The van der Waals surface area contributed by atoms with E-state index in [-0.39, 0.29) is 30.3 Å². The molecule has 1 aliphatic carbocycles. The topological polar surface area (TPSA) is 57.6 Å². The highest BCUT2D eigenvalue weighted by atomic mass is 16.3. The fraction of sp³-hybridized carbons (Fsp3) is 0.636. The van der Waals surface area contributed by atoms with Crippen molar-refractivity contribution in [2.24, 2.45) is 11.8 Å². The van der Waals surface area contributed by atoms with Crippen molar-refractivity contribution in [2.45, 2.75) is 19.3 Å². The summed E-state index contributed by atoms with van der Waals surface area (Å²) < 4.78 is 0. The van der Waals surface area contributed by atoms with E-state index < -0.39 is 0 Å². The van der Waals surface area contributed by atoms with Crippen LogP contribution in [0.25, 0.3) is 0 Å². The van der Waals surface area contributed by atoms with Crippen molar-refractivity contribution in [1.82, 2.24) is 4.90 Å². The quantitative estimate of drug-likeness (QED) is 0.681. The first-order valence-electron chi connectivity index (χ1n) is 5.36. The van der Waals surface area contributed by atoms with E-state index >= 15 is 0 Å². The van der Waals surface area contributed by atoms with Gasteiger partial charge in [-0.2, -0.15) is 0 Å². The Morgan fingerprint density at radius 3 is 2.40 bits per heavy atom. The average molecular weight is 209 g/mol. The van der Waals surface area contributed by atoms with Gasteiger partial charge in [0.15, 0.2) is 0 Å². The van der Waals surface area contributed by atoms with Gasteiger partial charge in [-0.25, -0.2) is 0 Å². The Morgan fingerprint density at radius 2 is 1.80 bits per heavy atom. The van der Waals surface area contributed by atoms with Crippen molar-refractivity contribution in [1.29, 1.82) is 0 Å². The molecule has 2 unspecified atom stereocenters. The van der Waals surface area contributed by atoms with E-state index in [0.717, 1.165) is 19.3 Å². The molecule has 2 atom stereocenters. The van der Waals surface area contributed by atoms with Gasteiger partial charge in [0.2, 0.25) is 0 Å². The van der Waals surface area contributed by atoms with Crippen LogP contribution in [0.1, 0.15) is 19.3 Å². The first kappa shape index (κ1) is 10.4. The normalized spacial score (nSPS) is 30.6. The van der Waals surface area contributed by atoms with E-state index in [2.05, 4.69) is 0 Å². The standard InChI is InChI=1S/C11H15NO3/c13-7-9-3-1-2-8(9)6-12-10(14)4-5-11(12)15/h4-5,8-9,13H,1-3,6-7H2. The van der Waals surface area contributed by atoms with E-state index in [1.54, 1.807) is 0 Å². The molecule has 0 aromatic rings. The first-order valence-corrected chi connectivity index (χ1v) is 5.36. The SMILES string of the molecule is O=C1C=CC(=O)N1CC1CCCC1CO. The number of hydrogen-bond acceptors (Lipinski definition) is 3. The van der Waals surface area contributed by atoms with Crippen LogP contribution in [0.4, 0.5) is 0 Å². The molecule has 0 aromatic heterocycles. The Morgan fingerprint density at radius 1 is 1.20 bits per heavy atom. The highest BCUT2D eigenvalue weighted by Gasteiger charge is 2.32. The van der Waals surface area contributed by atoms with Crippen molar-refractivity contribution in [3.8, 4) is 0 Å². The van der Waals surface area contributed by atoms with Gasteiger partial charge >= 0.3 is 0 Å². The number of imide groups is 1. The minimum Gasteiger partial charge on any atom is -0.396 e. The van der Waals surface area contributed by atoms with Crippen LogP contribution < -0.4 is 0 Å². The molecule has 82 valence electrons. The van der Waals surface area contributed by atoms with Gasteiger partial charge in [-0.1, -0.05) is 6.42 Å². The molecule has 4 heteroatoms. The maximum Gasteiger partial charge on any atom is 0.253 e. The van der Waals surface area contributed by atoms with Crippen LogP contribution in [0.2, 0.25) is 0 Å². The summed E-state index contributed by atoms with van der Waals surface area (Å²) in [5.41, 5.74) is 0. The summed E-state index contributed by atoms with van der Waals surface area (Å²) in [6.07, 6.45) is 5.71. The van der Waals surface area contributed by atoms with E-state index in [1.165, 1.54) is 17.1 Å². The van der Waals surface area contributed by atoms with Crippen LogP contribution in [0.15, 0.2) is 12.2 Å². The lowest BCUT2D eigenvalue weighted by atomic mass is 9.96. The van der Waals surface area contributed by atoms with Crippen LogP contribution in [-0.2, 0) is 9.59 Å². The van der Waals surface area contributed by atoms with Gasteiger partial charge in [0.1, 0.15) is 0 Å². The second kappa shape index (κ2) is 4.14. The molecule has 0 saturated heterocycles. The zero-order valence-corrected chi connectivity index (χ0v) is 8.56. The van der Waals surface area contributed by atoms with E-state index in [0.29, 0.717) is 6.54 Å². The summed E-state index contributed by atoms with van der Waals surface area (Å²) in [5.74, 6) is 0.0983. The largest absolute Gasteiger partial charge is 0.396 e. The second-order valence-corrected chi connectivity index (χ2v) is 4.25. The molecule has 0 radical (unpaired) electrons. The Kier molecular flexibility index (Phi) is 2.86. The molecule has 2 amide bonds. The molecule has 1 fully saturated rings. The van der Waals surface area contributed by atoms with Crippen LogP contribution in [-0.4, -0.2) is 35.0 Å². The summed E-state index contributed by atoms with van der Waals surface area (Å²) in [7, 11) is 0. The molecular weight excluding hydrogens is 194 g/mol. The van der Waals surface area contributed by atoms with Gasteiger partial charge in [-0.3, -0.25) is 14.5 Å². The third-order valence-corrected chi connectivity index (χ3v) is 3.37. The van der Waals surface area contributed by atoms with Gasteiger partial charge in [0.05, 0.1) is 0 Å². The molecule has 1 N–H and O–H groups in total. The summed E-state index contributed by atoms with van der Waals surface area (Å²) >= 11 is 0. The summed E-state index contributed by atoms with van der Waals surface area (Å²) in [5, 5.41) is 9.14. The molecule has 0 aromatic carbocycles. The molecule has 15 heavy (non-hydrogen) atoms. The monoisotopic (exact) mass is 209 g/mol. The number of amides is 2. The molecule has 1 aliphatic heterocycles. The molecule has 4 nitrogen and oxygen atoms in total. The van der Waals surface area contributed by atoms with Gasteiger partial charge in [-0.15, -0.1) is 0 Å². The first-order chi connectivity index (χ1) is 7.22. The van der Waals surface area contributed by atoms with Crippen LogP contribution in [0.3, 0.4) is 0 Å². The predicted octanol–water partition coefficient (Wildman–Crippen LogP) is 0.320. The lowest BCUT2D eigenvalue weighted by Gasteiger charge is -2.22. The van der Waals surface area contributed by atoms with Crippen molar-refractivity contribution in [3.05, 3.63) is 12.2 Å². The highest BCUT2D eigenvalue weighted by molar-refractivity contribution is 6.12. The number of hydrogen-bond donors (Lipinski definition) is 1. The fourth-order valence-electron chi connectivity index (χ4n) is 2.44. The van der Waals surface area contributed by atoms with Gasteiger partial charge in [-0.05, 0) is 24.7 Å². The van der Waals surface area contributed by atoms with Crippen LogP contribution in [0, 0.1) is 11.8 Å². The Hall–Kier alpha value is -1.16. The third kappa shape index (κ3) is 1.95. The van der Waals surface area contributed by atoms with Gasteiger partial charge < -0.3 is 5.11 Å². The highest BCUT2D eigenvalue weighted by Crippen LogP contribution is 2.32. The smallest absolute Gasteiger partial charge is 0.253 e. The summed E-state index contributed by atoms with van der Waals surface area (Å²) in [6.45, 7) is 0.629. The maximum atomic E-state index is 11.3. The number of rotatable bonds is 3. The average Bonchev–Trinajstić information content (AvgIpc) is 2.79. The number of carbonyl (C=O) groups excluding carboxylic acids is 2. The fourth-order valence-corrected chi connectivity index (χ4v) is 2.44. The molecule has 0 spiro atoms. The van der Waals surface area contributed by atoms with E-state index in [4.69, 9.17) is 5.11 Å². The zero-order valence-electron chi connectivity index (χ0n) is 8.56. The van der Waals surface area contributed by atoms with Gasteiger partial charge in [0.25, 0.3) is 11.8 Å². The number of carbonyl (C=O) groups is 2. The van der Waals surface area contributed by atoms with E-state index in [9.17, 15) is 9.59 Å². The van der Waals surface area contributed by atoms with Crippen LogP contribution in [0.5, 0.6) is 0 Å². The minimum absolute atomic E-state index is 0.161. The van der Waals surface area contributed by atoms with Gasteiger partial charge in [0, 0.05) is 25.3 Å². The predicted molar refractivity (Wildman–Crippen MR) is 53.8 cm³/mol. The molecule has 0 bridgehead atoms. The molecule has 1 heterocycles. The van der Waals surface area contributed by atoms with Crippen molar-refractivity contribution in [2.75, 3.05) is 13.2 Å². The summed E-state index contributed by atoms with van der Waals surface area (Å²) in [4.78, 5) is 23.9. The molecule has 2 rings (SSSR count). The molecular formula is C11H15NO3. The minimum atomic E-state index is -0.219. The number of aliphatic hydroxyl groups excluding tert-OH is 1. The third-order valence-electron chi connectivity index (χ3n) is 3.37. The van der Waals surface area contributed by atoms with Crippen molar-refractivity contribution >= 4 is 11.8 Å². The maximum absolute atomic E-state index is 11.3. The van der Waals surface area contributed by atoms with Crippen molar-refractivity contribution in [3.63, 3.8) is 0 Å². The molecule has 1 saturated carbocycles. The lowest BCUT2D eigenvalue weighted by Crippen LogP contribution is -2.36. The second-order valence-electron chi connectivity index (χ2n) is 4.25. The van der Waals surface area contributed by atoms with E-state index in [1.807, 2.05) is 0 Å². The number of nitrogens with zero attached hydrogens (tertiary/aromatic N) is 1. The Balaban J connectivity index is 1.97. The lowest BCUT2D eigenvalue weighted by molar-refractivity contribution is -0.137. The van der Waals surface area contributed by atoms with Crippen molar-refractivity contribution < 1.29 is 14.7 Å². The number of aliphatic hydroxyl groups is 1.